The molecule has 7 atom stereocenters. The van der Waals surface area contributed by atoms with Gasteiger partial charge in [0.25, 0.3) is 0 Å². The first-order valence-electron chi connectivity index (χ1n) is 10.4. The molecule has 2 aliphatic rings. The number of hydrogen-bond donors (Lipinski definition) is 1. The van der Waals surface area contributed by atoms with Crippen LogP contribution in [0.2, 0.25) is 0 Å². The number of rotatable bonds is 10. The maximum atomic E-state index is 12.6. The van der Waals surface area contributed by atoms with Gasteiger partial charge in [-0.15, -0.1) is 0 Å². The van der Waals surface area contributed by atoms with Crippen LogP contribution in [-0.2, 0) is 27.8 Å². The molecule has 2 fully saturated rings. The van der Waals surface area contributed by atoms with Gasteiger partial charge in [0.15, 0.2) is 0 Å². The first-order valence-corrected chi connectivity index (χ1v) is 11.9. The number of phosphoric acid groups is 1. The molecule has 1 heterocycles. The third-order valence-corrected chi connectivity index (χ3v) is 6.17. The van der Waals surface area contributed by atoms with Crippen LogP contribution in [0.25, 0.3) is 0 Å². The van der Waals surface area contributed by atoms with Gasteiger partial charge in [0, 0.05) is 6.42 Å². The topological polar surface area (TPSA) is 112 Å². The number of ether oxygens (including phenoxy) is 3. The highest BCUT2D eigenvalue weighted by Gasteiger charge is 2.47. The van der Waals surface area contributed by atoms with Gasteiger partial charge in [-0.25, -0.2) is 0 Å². The van der Waals surface area contributed by atoms with E-state index in [2.05, 4.69) is 6.58 Å². The van der Waals surface area contributed by atoms with E-state index in [1.54, 1.807) is 0 Å². The molecule has 8 nitrogen and oxygen atoms in total. The highest BCUT2D eigenvalue weighted by Crippen LogP contribution is 2.49. The van der Waals surface area contributed by atoms with Crippen molar-refractivity contribution in [1.29, 1.82) is 0 Å². The van der Waals surface area contributed by atoms with Crippen LogP contribution in [0.1, 0.15) is 60.8 Å². The first-order chi connectivity index (χ1) is 13.3. The van der Waals surface area contributed by atoms with E-state index in [0.717, 1.165) is 0 Å². The van der Waals surface area contributed by atoms with Crippen LogP contribution in [0.4, 0.5) is 0 Å². The second-order valence-electron chi connectivity index (χ2n) is 9.06. The number of hydrogen-bond acceptors (Lipinski definition) is 8. The Labute approximate surface area is 174 Å². The lowest BCUT2D eigenvalue weighted by atomic mass is 9.97. The lowest BCUT2D eigenvalue weighted by Gasteiger charge is -2.36. The predicted molar refractivity (Wildman–Crippen MR) is 108 cm³/mol. The van der Waals surface area contributed by atoms with Gasteiger partial charge >= 0.3 is 7.82 Å². The van der Waals surface area contributed by atoms with Crippen LogP contribution in [0.15, 0.2) is 12.3 Å². The van der Waals surface area contributed by atoms with Crippen LogP contribution in [-0.4, -0.2) is 48.8 Å². The molecule has 0 spiro atoms. The van der Waals surface area contributed by atoms with Gasteiger partial charge in [0.2, 0.25) is 0 Å². The fourth-order valence-corrected chi connectivity index (χ4v) is 5.10. The summed E-state index contributed by atoms with van der Waals surface area (Å²) < 4.78 is 40.5. The Bertz CT molecular complexity index is 614. The summed E-state index contributed by atoms with van der Waals surface area (Å²) in [7, 11) is -4.71. The van der Waals surface area contributed by atoms with Crippen molar-refractivity contribution in [3.05, 3.63) is 12.3 Å². The summed E-state index contributed by atoms with van der Waals surface area (Å²) in [5.74, 6) is 0.178. The number of nitrogens with two attached hydrogens (primary N) is 1. The van der Waals surface area contributed by atoms with Crippen molar-refractivity contribution in [2.45, 2.75) is 103 Å². The molecule has 2 rings (SSSR count). The number of phosphoric ester groups is 1. The third-order valence-electron chi connectivity index (χ3n) is 5.20. The summed E-state index contributed by atoms with van der Waals surface area (Å²) in [6, 6.07) is 0. The Balaban J connectivity index is 2.02. The van der Waals surface area contributed by atoms with Crippen molar-refractivity contribution < 1.29 is 32.7 Å². The van der Waals surface area contributed by atoms with E-state index in [1.165, 1.54) is 0 Å². The fourth-order valence-electron chi connectivity index (χ4n) is 4.06. The highest BCUT2D eigenvalue weighted by atomic mass is 31.2. The van der Waals surface area contributed by atoms with E-state index in [1.807, 2.05) is 41.5 Å². The maximum absolute atomic E-state index is 12.6. The molecule has 1 aliphatic carbocycles. The van der Waals surface area contributed by atoms with E-state index in [9.17, 15) is 9.46 Å². The van der Waals surface area contributed by atoms with E-state index < -0.39 is 25.6 Å². The normalized spacial score (nSPS) is 37.2. The van der Waals surface area contributed by atoms with Gasteiger partial charge in [0.05, 0.1) is 42.7 Å². The zero-order valence-electron chi connectivity index (χ0n) is 18.5. The van der Waals surface area contributed by atoms with E-state index in [0.29, 0.717) is 19.3 Å². The zero-order valence-corrected chi connectivity index (χ0v) is 19.4. The largest absolute Gasteiger partial charge is 0.746 e. The van der Waals surface area contributed by atoms with Gasteiger partial charge in [-0.2, -0.15) is 0 Å². The molecule has 2 unspecified atom stereocenters. The Hall–Kier alpha value is -0.470. The Kier molecular flexibility index (Phi) is 8.36. The van der Waals surface area contributed by atoms with E-state index in [4.69, 9.17) is 29.0 Å². The molecule has 1 saturated heterocycles. The molecule has 1 aliphatic heterocycles. The summed E-state index contributed by atoms with van der Waals surface area (Å²) >= 11 is 0. The second-order valence-corrected chi connectivity index (χ2v) is 10.4. The van der Waals surface area contributed by atoms with Crippen LogP contribution in [0.3, 0.4) is 0 Å². The lowest BCUT2D eigenvalue weighted by molar-refractivity contribution is -0.230. The van der Waals surface area contributed by atoms with Gasteiger partial charge in [-0.3, -0.25) is 4.57 Å². The smallest absolute Gasteiger partial charge is 0.319 e. The van der Waals surface area contributed by atoms with Crippen LogP contribution in [0.5, 0.6) is 0 Å². The molecule has 29 heavy (non-hydrogen) atoms. The molecule has 2 N–H and O–H groups in total. The highest BCUT2D eigenvalue weighted by molar-refractivity contribution is 7.46. The maximum Gasteiger partial charge on any atom is 0.319 e. The van der Waals surface area contributed by atoms with E-state index >= 15 is 0 Å². The van der Waals surface area contributed by atoms with Crippen molar-refractivity contribution in [3.63, 3.8) is 0 Å². The minimum Gasteiger partial charge on any atom is -0.746 e. The monoisotopic (exact) mass is 434 g/mol. The summed E-state index contributed by atoms with van der Waals surface area (Å²) in [6.45, 7) is 15.5. The Morgan fingerprint density at radius 3 is 2.52 bits per heavy atom. The molecular formula is C20H37NO7P-. The van der Waals surface area contributed by atoms with Crippen molar-refractivity contribution >= 4 is 7.82 Å². The van der Waals surface area contributed by atoms with Gasteiger partial charge < -0.3 is 33.9 Å². The van der Waals surface area contributed by atoms with Crippen LogP contribution < -0.4 is 10.6 Å². The first kappa shape index (κ1) is 24.8. The second kappa shape index (κ2) is 9.77. The van der Waals surface area contributed by atoms with Crippen molar-refractivity contribution in [2.24, 2.45) is 11.7 Å². The zero-order chi connectivity index (χ0) is 22.0. The third kappa shape index (κ3) is 7.03. The molecule has 9 heteroatoms. The molecule has 0 aromatic rings. The fraction of sp³-hybridized carbons (Fsp3) is 0.900. The quantitative estimate of drug-likeness (QED) is 0.413. The van der Waals surface area contributed by atoms with Gasteiger partial charge in [-0.05, 0) is 53.4 Å². The molecular weight excluding hydrogens is 397 g/mol. The van der Waals surface area contributed by atoms with E-state index in [-0.39, 0.29) is 42.7 Å². The standard InChI is InChI=1S/C20H38NO7P/c1-12(2)24-11-20(21)10-14(5)8-18(20)28-29(22,23)27-16(7)19-17(25-13(3)4)9-15(6)26-19/h12-15,17-19H,7-11,21H2,1-6H3,(H,22,23)/p-1/t14-,15-,17?,18+,19+,20-/m0/s1. The molecule has 0 aromatic carbocycles. The average molecular weight is 434 g/mol. The molecule has 0 radical (unpaired) electrons. The average Bonchev–Trinajstić information content (AvgIpc) is 3.03. The van der Waals surface area contributed by atoms with Crippen molar-refractivity contribution in [3.8, 4) is 0 Å². The van der Waals surface area contributed by atoms with Crippen LogP contribution in [0, 0.1) is 5.92 Å². The molecule has 0 amide bonds. The summed E-state index contributed by atoms with van der Waals surface area (Å²) in [6.07, 6.45) is -0.0948. The van der Waals surface area contributed by atoms with Gasteiger partial charge in [-0.1, -0.05) is 13.5 Å². The summed E-state index contributed by atoms with van der Waals surface area (Å²) in [5.41, 5.74) is 5.57. The minimum absolute atomic E-state index is 0.0125. The molecule has 0 bridgehead atoms. The Morgan fingerprint density at radius 1 is 1.28 bits per heavy atom. The van der Waals surface area contributed by atoms with Gasteiger partial charge in [0.1, 0.15) is 11.9 Å². The molecule has 1 saturated carbocycles. The predicted octanol–water partition coefficient (Wildman–Crippen LogP) is 2.89. The van der Waals surface area contributed by atoms with Crippen LogP contribution >= 0.6 is 7.82 Å². The minimum atomic E-state index is -4.71. The van der Waals surface area contributed by atoms with Crippen molar-refractivity contribution in [1.82, 2.24) is 0 Å². The SMILES string of the molecule is C=C(OP(=O)([O-])O[C@@H]1C[C@H](C)C[C@]1(N)COC(C)C)[C@H]1O[C@@H](C)CC1OC(C)C. The lowest BCUT2D eigenvalue weighted by Crippen LogP contribution is -2.52. The Morgan fingerprint density at radius 2 is 1.93 bits per heavy atom. The summed E-state index contributed by atoms with van der Waals surface area (Å²) in [5, 5.41) is 0. The molecule has 0 aromatic heterocycles. The van der Waals surface area contributed by atoms with Crippen molar-refractivity contribution in [2.75, 3.05) is 6.61 Å². The summed E-state index contributed by atoms with van der Waals surface area (Å²) in [4.78, 5) is 12.6. The molecule has 170 valence electrons.